The van der Waals surface area contributed by atoms with E-state index in [1.54, 1.807) is 22.4 Å². The van der Waals surface area contributed by atoms with Crippen molar-refractivity contribution < 1.29 is 9.59 Å². The molecule has 0 saturated carbocycles. The van der Waals surface area contributed by atoms with Crippen molar-refractivity contribution in [3.63, 3.8) is 0 Å². The van der Waals surface area contributed by atoms with E-state index in [1.807, 2.05) is 29.6 Å². The summed E-state index contributed by atoms with van der Waals surface area (Å²) in [4.78, 5) is 32.1. The minimum Gasteiger partial charge on any atom is -0.313 e. The van der Waals surface area contributed by atoms with E-state index in [4.69, 9.17) is 0 Å². The number of benzene rings is 1. The maximum Gasteiger partial charge on any atom is 0.233 e. The van der Waals surface area contributed by atoms with Gasteiger partial charge in [0, 0.05) is 25.4 Å². The van der Waals surface area contributed by atoms with Crippen molar-refractivity contribution >= 4 is 34.5 Å². The van der Waals surface area contributed by atoms with Crippen LogP contribution in [0.4, 0.5) is 11.4 Å². The fraction of sp³-hybridized carbons (Fsp3) is 0.267. The van der Waals surface area contributed by atoms with Crippen LogP contribution in [0.2, 0.25) is 0 Å². The molecule has 1 aliphatic heterocycles. The number of carbonyl (C=O) groups excluding carboxylic acids is 2. The van der Waals surface area contributed by atoms with Crippen LogP contribution < -0.4 is 9.80 Å². The van der Waals surface area contributed by atoms with Crippen LogP contribution in [0.1, 0.15) is 12.1 Å². The Kier molecular flexibility index (Phi) is 3.70. The molecule has 1 aromatic carbocycles. The highest BCUT2D eigenvalue weighted by molar-refractivity contribution is 7.07. The summed E-state index contributed by atoms with van der Waals surface area (Å²) in [6.45, 7) is 0.406. The number of thiazole rings is 1. The van der Waals surface area contributed by atoms with Crippen molar-refractivity contribution in [3.8, 4) is 0 Å². The molecule has 0 atom stereocenters. The number of para-hydroxylation sites is 2. The summed E-state index contributed by atoms with van der Waals surface area (Å²) >= 11 is 1.47. The molecular weight excluding hydrogens is 286 g/mol. The number of rotatable bonds is 2. The Bertz CT molecular complexity index is 669. The molecule has 0 N–H and O–H groups in total. The molecule has 2 heterocycles. The Morgan fingerprint density at radius 2 is 2.10 bits per heavy atom. The average Bonchev–Trinajstić information content (AvgIpc) is 2.95. The smallest absolute Gasteiger partial charge is 0.233 e. The summed E-state index contributed by atoms with van der Waals surface area (Å²) in [7, 11) is 1.75. The van der Waals surface area contributed by atoms with Gasteiger partial charge in [-0.2, -0.15) is 0 Å². The van der Waals surface area contributed by atoms with Gasteiger partial charge in [-0.25, -0.2) is 4.98 Å². The fourth-order valence-corrected chi connectivity index (χ4v) is 3.00. The second-order valence-electron chi connectivity index (χ2n) is 4.89. The summed E-state index contributed by atoms with van der Waals surface area (Å²) in [5, 5.41) is 1.87. The molecule has 1 aromatic heterocycles. The molecule has 6 heteroatoms. The second kappa shape index (κ2) is 5.65. The first-order chi connectivity index (χ1) is 10.2. The van der Waals surface area contributed by atoms with Gasteiger partial charge in [0.25, 0.3) is 0 Å². The number of hydrogen-bond donors (Lipinski definition) is 0. The average molecular weight is 301 g/mol. The van der Waals surface area contributed by atoms with E-state index in [9.17, 15) is 9.59 Å². The lowest BCUT2D eigenvalue weighted by atomic mass is 10.2. The minimum atomic E-state index is -0.0311. The molecule has 0 aliphatic carbocycles. The van der Waals surface area contributed by atoms with Crippen LogP contribution in [-0.4, -0.2) is 30.4 Å². The third kappa shape index (κ3) is 2.67. The zero-order chi connectivity index (χ0) is 14.8. The molecule has 0 bridgehead atoms. The van der Waals surface area contributed by atoms with E-state index in [-0.39, 0.29) is 18.2 Å². The van der Waals surface area contributed by atoms with Crippen molar-refractivity contribution in [3.05, 3.63) is 40.8 Å². The Hall–Kier alpha value is -2.21. The molecule has 21 heavy (non-hydrogen) atoms. The number of amides is 2. The maximum absolute atomic E-state index is 12.6. The number of fused-ring (bicyclic) bond motifs is 1. The fourth-order valence-electron chi connectivity index (χ4n) is 2.44. The van der Waals surface area contributed by atoms with Crippen molar-refractivity contribution in [2.45, 2.75) is 12.8 Å². The van der Waals surface area contributed by atoms with Gasteiger partial charge in [-0.15, -0.1) is 11.3 Å². The minimum absolute atomic E-state index is 0.0198. The van der Waals surface area contributed by atoms with Gasteiger partial charge in [-0.1, -0.05) is 12.1 Å². The molecule has 1 aliphatic rings. The van der Waals surface area contributed by atoms with Gasteiger partial charge in [0.2, 0.25) is 11.8 Å². The van der Waals surface area contributed by atoms with Crippen molar-refractivity contribution in [2.75, 3.05) is 23.4 Å². The number of nitrogens with zero attached hydrogens (tertiary/aromatic N) is 3. The first kappa shape index (κ1) is 13.8. The predicted octanol–water partition coefficient (Wildman–Crippen LogP) is 2.09. The summed E-state index contributed by atoms with van der Waals surface area (Å²) in [5.74, 6) is -0.0112. The van der Waals surface area contributed by atoms with Crippen LogP contribution in [0, 0.1) is 0 Å². The highest BCUT2D eigenvalue weighted by Gasteiger charge is 2.27. The van der Waals surface area contributed by atoms with Gasteiger partial charge in [0.15, 0.2) is 0 Å². The standard InChI is InChI=1S/C15H15N3O2S/c1-17-12-4-2-3-5-13(12)18(7-6-14(17)19)15(20)8-11-9-21-10-16-11/h2-5,9-10H,6-8H2,1H3. The Balaban J connectivity index is 1.93. The lowest BCUT2D eigenvalue weighted by molar-refractivity contribution is -0.118. The summed E-state index contributed by atoms with van der Waals surface area (Å²) in [5.41, 5.74) is 4.04. The monoisotopic (exact) mass is 301 g/mol. The zero-order valence-electron chi connectivity index (χ0n) is 11.7. The normalized spacial score (nSPS) is 14.8. The number of anilines is 2. The lowest BCUT2D eigenvalue weighted by Crippen LogP contribution is -2.33. The van der Waals surface area contributed by atoms with Crippen LogP contribution in [0.5, 0.6) is 0 Å². The Morgan fingerprint density at radius 3 is 2.81 bits per heavy atom. The Morgan fingerprint density at radius 1 is 1.33 bits per heavy atom. The molecule has 108 valence electrons. The third-order valence-electron chi connectivity index (χ3n) is 3.57. The summed E-state index contributed by atoms with van der Waals surface area (Å²) in [6, 6.07) is 7.49. The van der Waals surface area contributed by atoms with Gasteiger partial charge in [-0.3, -0.25) is 9.59 Å². The Labute approximate surface area is 126 Å². The SMILES string of the molecule is CN1C(=O)CCN(C(=O)Cc2cscn2)c2ccccc21. The second-order valence-corrected chi connectivity index (χ2v) is 5.61. The maximum atomic E-state index is 12.6. The first-order valence-electron chi connectivity index (χ1n) is 6.70. The number of hydrogen-bond acceptors (Lipinski definition) is 4. The molecule has 2 aromatic rings. The van der Waals surface area contributed by atoms with Crippen molar-refractivity contribution in [1.82, 2.24) is 4.98 Å². The van der Waals surface area contributed by atoms with Gasteiger partial charge >= 0.3 is 0 Å². The quantitative estimate of drug-likeness (QED) is 0.853. The van der Waals surface area contributed by atoms with Gasteiger partial charge in [-0.05, 0) is 12.1 Å². The van der Waals surface area contributed by atoms with E-state index in [0.717, 1.165) is 17.1 Å². The lowest BCUT2D eigenvalue weighted by Gasteiger charge is -2.23. The number of aromatic nitrogens is 1. The van der Waals surface area contributed by atoms with Gasteiger partial charge in [0.05, 0.1) is 29.0 Å². The van der Waals surface area contributed by atoms with Gasteiger partial charge < -0.3 is 9.80 Å². The number of carbonyl (C=O) groups is 2. The molecule has 3 rings (SSSR count). The highest BCUT2D eigenvalue weighted by atomic mass is 32.1. The largest absolute Gasteiger partial charge is 0.313 e. The van der Waals surface area contributed by atoms with Crippen LogP contribution in [0.25, 0.3) is 0 Å². The zero-order valence-corrected chi connectivity index (χ0v) is 12.5. The summed E-state index contributed by atoms with van der Waals surface area (Å²) < 4.78 is 0. The van der Waals surface area contributed by atoms with Crippen molar-refractivity contribution in [2.24, 2.45) is 0 Å². The third-order valence-corrected chi connectivity index (χ3v) is 4.21. The molecule has 0 unspecified atom stereocenters. The molecule has 0 saturated heterocycles. The van der Waals surface area contributed by atoms with E-state index in [1.165, 1.54) is 11.3 Å². The van der Waals surface area contributed by atoms with Crippen molar-refractivity contribution in [1.29, 1.82) is 0 Å². The molecule has 5 nitrogen and oxygen atoms in total. The molecule has 0 spiro atoms. The molecule has 0 radical (unpaired) electrons. The highest BCUT2D eigenvalue weighted by Crippen LogP contribution is 2.32. The van der Waals surface area contributed by atoms with E-state index >= 15 is 0 Å². The van der Waals surface area contributed by atoms with Crippen LogP contribution in [0.15, 0.2) is 35.2 Å². The van der Waals surface area contributed by atoms with Gasteiger partial charge in [0.1, 0.15) is 0 Å². The molecule has 0 fully saturated rings. The summed E-state index contributed by atoms with van der Waals surface area (Å²) in [6.07, 6.45) is 0.587. The van der Waals surface area contributed by atoms with E-state index in [0.29, 0.717) is 13.0 Å². The van der Waals surface area contributed by atoms with Crippen LogP contribution in [-0.2, 0) is 16.0 Å². The van der Waals surface area contributed by atoms with E-state index < -0.39 is 0 Å². The topological polar surface area (TPSA) is 53.5 Å². The molecule has 2 amide bonds. The predicted molar refractivity (Wildman–Crippen MR) is 82.6 cm³/mol. The first-order valence-corrected chi connectivity index (χ1v) is 7.64. The molecular formula is C15H15N3O2S. The van der Waals surface area contributed by atoms with E-state index in [2.05, 4.69) is 4.98 Å². The van der Waals surface area contributed by atoms with Crippen LogP contribution in [0.3, 0.4) is 0 Å². The van der Waals surface area contributed by atoms with Crippen LogP contribution >= 0.6 is 11.3 Å².